The van der Waals surface area contributed by atoms with Crippen LogP contribution < -0.4 is 0 Å². The summed E-state index contributed by atoms with van der Waals surface area (Å²) in [5.41, 5.74) is 3.39. The molecule has 2 amide bonds. The van der Waals surface area contributed by atoms with Crippen LogP contribution >= 0.6 is 0 Å². The number of hydrogen-bond acceptors (Lipinski definition) is 4. The SMILES string of the molecule is CCCC[C@H]1/C(=N/N2CCC[C@H]2COC)CN(Cc2ccccc2)C(=O)N1Cc1ccccc1. The van der Waals surface area contributed by atoms with Gasteiger partial charge in [-0.25, -0.2) is 4.79 Å². The van der Waals surface area contributed by atoms with E-state index >= 15 is 0 Å². The van der Waals surface area contributed by atoms with E-state index in [0.717, 1.165) is 55.5 Å². The molecule has 2 heterocycles. The van der Waals surface area contributed by atoms with Crippen LogP contribution in [-0.4, -0.2) is 65.4 Å². The molecular weight excluding hydrogens is 424 g/mol. The first-order valence-electron chi connectivity index (χ1n) is 12.7. The van der Waals surface area contributed by atoms with E-state index in [1.54, 1.807) is 7.11 Å². The third-order valence-corrected chi connectivity index (χ3v) is 6.84. The highest BCUT2D eigenvalue weighted by Crippen LogP contribution is 2.26. The number of urea groups is 1. The maximum Gasteiger partial charge on any atom is 0.321 e. The van der Waals surface area contributed by atoms with Crippen LogP contribution in [0.25, 0.3) is 0 Å². The Morgan fingerprint density at radius 3 is 2.32 bits per heavy atom. The summed E-state index contributed by atoms with van der Waals surface area (Å²) in [5, 5.41) is 7.44. The number of methoxy groups -OCH3 is 1. The molecule has 0 spiro atoms. The predicted octanol–water partition coefficient (Wildman–Crippen LogP) is 5.15. The van der Waals surface area contributed by atoms with E-state index in [1.165, 1.54) is 0 Å². The molecule has 2 saturated heterocycles. The van der Waals surface area contributed by atoms with Crippen molar-refractivity contribution in [2.75, 3.05) is 26.8 Å². The monoisotopic (exact) mass is 462 g/mol. The summed E-state index contributed by atoms with van der Waals surface area (Å²) < 4.78 is 5.47. The van der Waals surface area contributed by atoms with Gasteiger partial charge in [-0.05, 0) is 30.4 Å². The van der Waals surface area contributed by atoms with Gasteiger partial charge in [0, 0.05) is 26.7 Å². The second kappa shape index (κ2) is 12.0. The summed E-state index contributed by atoms with van der Waals surface area (Å²) in [6, 6.07) is 21.0. The molecule has 0 unspecified atom stereocenters. The number of rotatable bonds is 10. The van der Waals surface area contributed by atoms with Gasteiger partial charge < -0.3 is 14.5 Å². The molecule has 182 valence electrons. The van der Waals surface area contributed by atoms with Crippen molar-refractivity contribution in [2.24, 2.45) is 5.10 Å². The van der Waals surface area contributed by atoms with Gasteiger partial charge in [0.2, 0.25) is 0 Å². The molecule has 0 radical (unpaired) electrons. The number of hydrazone groups is 1. The van der Waals surface area contributed by atoms with Crippen molar-refractivity contribution in [2.45, 2.75) is 64.2 Å². The van der Waals surface area contributed by atoms with Gasteiger partial charge >= 0.3 is 6.03 Å². The van der Waals surface area contributed by atoms with E-state index in [9.17, 15) is 4.79 Å². The zero-order valence-corrected chi connectivity index (χ0v) is 20.6. The van der Waals surface area contributed by atoms with Gasteiger partial charge in [-0.2, -0.15) is 5.10 Å². The summed E-state index contributed by atoms with van der Waals surface area (Å²) >= 11 is 0. The number of carbonyl (C=O) groups is 1. The van der Waals surface area contributed by atoms with Crippen molar-refractivity contribution in [3.8, 4) is 0 Å². The highest BCUT2D eigenvalue weighted by Gasteiger charge is 2.38. The average Bonchev–Trinajstić information content (AvgIpc) is 3.30. The van der Waals surface area contributed by atoms with Crippen molar-refractivity contribution in [1.82, 2.24) is 14.8 Å². The molecule has 0 saturated carbocycles. The number of benzene rings is 2. The Morgan fingerprint density at radius 2 is 1.68 bits per heavy atom. The molecule has 0 aliphatic carbocycles. The molecule has 2 atom stereocenters. The van der Waals surface area contributed by atoms with Crippen molar-refractivity contribution >= 4 is 11.7 Å². The van der Waals surface area contributed by atoms with Crippen LogP contribution in [0, 0.1) is 0 Å². The van der Waals surface area contributed by atoms with Gasteiger partial charge in [0.05, 0.1) is 30.9 Å². The summed E-state index contributed by atoms with van der Waals surface area (Å²) in [4.78, 5) is 17.8. The van der Waals surface area contributed by atoms with Crippen LogP contribution in [0.4, 0.5) is 4.79 Å². The van der Waals surface area contributed by atoms with Crippen LogP contribution in [0.2, 0.25) is 0 Å². The lowest BCUT2D eigenvalue weighted by atomic mass is 9.99. The Bertz CT molecular complexity index is 934. The van der Waals surface area contributed by atoms with Crippen LogP contribution in [0.3, 0.4) is 0 Å². The molecule has 2 aromatic rings. The lowest BCUT2D eigenvalue weighted by Crippen LogP contribution is -2.59. The minimum absolute atomic E-state index is 0.0171. The van der Waals surface area contributed by atoms with Crippen molar-refractivity contribution in [3.05, 3.63) is 71.8 Å². The largest absolute Gasteiger partial charge is 0.382 e. The van der Waals surface area contributed by atoms with Crippen molar-refractivity contribution < 1.29 is 9.53 Å². The highest BCUT2D eigenvalue weighted by atomic mass is 16.5. The standard InChI is InChI=1S/C28H38N4O2/c1-3-4-17-27-26(29-32-18-11-16-25(32)22-34-2)21-30(19-23-12-7-5-8-13-23)28(33)31(27)20-24-14-9-6-10-15-24/h5-10,12-15,25,27H,3-4,11,16-22H2,1-2H3/b29-26+/t25-,27-/m0/s1. The molecule has 6 nitrogen and oxygen atoms in total. The van der Waals surface area contributed by atoms with Crippen LogP contribution in [0.5, 0.6) is 0 Å². The maximum atomic E-state index is 13.8. The number of nitrogens with zero attached hydrogens (tertiary/aromatic N) is 4. The fraction of sp³-hybridized carbons (Fsp3) is 0.500. The molecule has 6 heteroatoms. The van der Waals surface area contributed by atoms with Crippen molar-refractivity contribution in [1.29, 1.82) is 0 Å². The Balaban J connectivity index is 1.66. The molecule has 0 aromatic heterocycles. The highest BCUT2D eigenvalue weighted by molar-refractivity contribution is 5.99. The third-order valence-electron chi connectivity index (χ3n) is 6.84. The van der Waals surface area contributed by atoms with Crippen LogP contribution in [-0.2, 0) is 17.8 Å². The number of carbonyl (C=O) groups excluding carboxylic acids is 1. The second-order valence-corrected chi connectivity index (χ2v) is 9.40. The summed E-state index contributed by atoms with van der Waals surface area (Å²) in [7, 11) is 1.76. The molecular formula is C28H38N4O2. The number of unbranched alkanes of at least 4 members (excludes halogenated alkanes) is 1. The zero-order chi connectivity index (χ0) is 23.8. The van der Waals surface area contributed by atoms with E-state index in [1.807, 2.05) is 41.3 Å². The number of hydrogen-bond donors (Lipinski definition) is 0. The Morgan fingerprint density at radius 1 is 1.00 bits per heavy atom. The molecule has 34 heavy (non-hydrogen) atoms. The molecule has 2 aliphatic heterocycles. The number of amides is 2. The van der Waals surface area contributed by atoms with Crippen LogP contribution in [0.15, 0.2) is 65.8 Å². The first-order chi connectivity index (χ1) is 16.7. The van der Waals surface area contributed by atoms with Gasteiger partial charge in [0.1, 0.15) is 0 Å². The Kier molecular flexibility index (Phi) is 8.58. The maximum absolute atomic E-state index is 13.8. The predicted molar refractivity (Wildman–Crippen MR) is 137 cm³/mol. The zero-order valence-electron chi connectivity index (χ0n) is 20.6. The quantitative estimate of drug-likeness (QED) is 0.491. The minimum Gasteiger partial charge on any atom is -0.382 e. The molecule has 2 aromatic carbocycles. The van der Waals surface area contributed by atoms with Gasteiger partial charge in [0.15, 0.2) is 0 Å². The lowest BCUT2D eigenvalue weighted by molar-refractivity contribution is 0.111. The molecule has 0 bridgehead atoms. The number of ether oxygens (including phenoxy) is 1. The third kappa shape index (κ3) is 5.98. The molecule has 2 aliphatic rings. The minimum atomic E-state index is 0.0171. The second-order valence-electron chi connectivity index (χ2n) is 9.40. The van der Waals surface area contributed by atoms with E-state index in [0.29, 0.717) is 32.3 Å². The fourth-order valence-electron chi connectivity index (χ4n) is 5.05. The topological polar surface area (TPSA) is 48.4 Å². The van der Waals surface area contributed by atoms with Crippen LogP contribution in [0.1, 0.15) is 50.2 Å². The molecule has 2 fully saturated rings. The van der Waals surface area contributed by atoms with Gasteiger partial charge in [-0.3, -0.25) is 5.01 Å². The van der Waals surface area contributed by atoms with E-state index in [-0.39, 0.29) is 12.1 Å². The summed E-state index contributed by atoms with van der Waals surface area (Å²) in [6.45, 7) is 5.61. The average molecular weight is 463 g/mol. The van der Waals surface area contributed by atoms with Gasteiger partial charge in [-0.1, -0.05) is 80.4 Å². The van der Waals surface area contributed by atoms with Gasteiger partial charge in [0.25, 0.3) is 0 Å². The Hall–Kier alpha value is -2.86. The lowest BCUT2D eigenvalue weighted by Gasteiger charge is -2.43. The van der Waals surface area contributed by atoms with Gasteiger partial charge in [-0.15, -0.1) is 0 Å². The van der Waals surface area contributed by atoms with E-state index < -0.39 is 0 Å². The summed E-state index contributed by atoms with van der Waals surface area (Å²) in [6.07, 6.45) is 5.34. The smallest absolute Gasteiger partial charge is 0.321 e. The molecule has 4 rings (SSSR count). The van der Waals surface area contributed by atoms with E-state index in [4.69, 9.17) is 9.84 Å². The first-order valence-corrected chi connectivity index (χ1v) is 12.7. The summed E-state index contributed by atoms with van der Waals surface area (Å²) in [5.74, 6) is 0. The van der Waals surface area contributed by atoms with E-state index in [2.05, 4.69) is 41.1 Å². The fourth-order valence-corrected chi connectivity index (χ4v) is 5.05. The normalized spacial score (nSPS) is 22.1. The molecule has 0 N–H and O–H groups in total. The Labute approximate surface area is 204 Å². The first kappa shape index (κ1) is 24.3. The van der Waals surface area contributed by atoms with Crippen molar-refractivity contribution in [3.63, 3.8) is 0 Å².